The highest BCUT2D eigenvalue weighted by atomic mass is 19.1. The van der Waals surface area contributed by atoms with Crippen molar-refractivity contribution < 1.29 is 18.7 Å². The number of carbonyl (C=O) groups excluding carboxylic acids is 1. The van der Waals surface area contributed by atoms with E-state index in [9.17, 15) is 9.18 Å². The van der Waals surface area contributed by atoms with Gasteiger partial charge >= 0.3 is 0 Å². The molecule has 6 heteroatoms. The number of nitrogens with one attached hydrogen (secondary N) is 1. The molecule has 2 aromatic carbocycles. The van der Waals surface area contributed by atoms with Gasteiger partial charge in [0.1, 0.15) is 11.6 Å². The summed E-state index contributed by atoms with van der Waals surface area (Å²) in [5.74, 6) is 0.315. The van der Waals surface area contributed by atoms with E-state index in [1.54, 1.807) is 13.2 Å². The number of amides is 1. The molecule has 0 saturated carbocycles. The molecular formula is C26H33FN2O3. The molecule has 1 N–H and O–H groups in total. The highest BCUT2D eigenvalue weighted by molar-refractivity contribution is 5.86. The molecule has 2 aromatic rings. The topological polar surface area (TPSA) is 50.8 Å². The molecule has 5 nitrogen and oxygen atoms in total. The van der Waals surface area contributed by atoms with Crippen molar-refractivity contribution in [3.8, 4) is 16.9 Å². The minimum atomic E-state index is -0.806. The number of carbonyl (C=O) groups is 1. The molecule has 0 bridgehead atoms. The van der Waals surface area contributed by atoms with Crippen LogP contribution >= 0.6 is 0 Å². The van der Waals surface area contributed by atoms with E-state index in [-0.39, 0.29) is 11.7 Å². The van der Waals surface area contributed by atoms with E-state index >= 15 is 0 Å². The number of benzene rings is 2. The second kappa shape index (κ2) is 10.5. The van der Waals surface area contributed by atoms with Crippen molar-refractivity contribution in [2.75, 3.05) is 39.9 Å². The number of ether oxygens (including phenoxy) is 2. The Morgan fingerprint density at radius 3 is 2.59 bits per heavy atom. The fraction of sp³-hybridized carbons (Fsp3) is 0.500. The molecule has 1 amide bonds. The van der Waals surface area contributed by atoms with Crippen LogP contribution in [-0.4, -0.2) is 56.3 Å². The zero-order valence-corrected chi connectivity index (χ0v) is 18.9. The lowest BCUT2D eigenvalue weighted by molar-refractivity contribution is -0.141. The van der Waals surface area contributed by atoms with Crippen LogP contribution in [0.5, 0.6) is 5.75 Å². The van der Waals surface area contributed by atoms with Gasteiger partial charge in [-0.3, -0.25) is 4.79 Å². The van der Waals surface area contributed by atoms with Crippen LogP contribution in [-0.2, 0) is 16.0 Å². The monoisotopic (exact) mass is 440 g/mol. The van der Waals surface area contributed by atoms with E-state index in [1.165, 1.54) is 31.4 Å². The van der Waals surface area contributed by atoms with Gasteiger partial charge in [-0.2, -0.15) is 0 Å². The third-order valence-electron chi connectivity index (χ3n) is 6.60. The van der Waals surface area contributed by atoms with Crippen LogP contribution < -0.4 is 10.1 Å². The smallest absolute Gasteiger partial charge is 0.252 e. The molecule has 0 radical (unpaired) electrons. The molecule has 0 aromatic heterocycles. The molecule has 172 valence electrons. The van der Waals surface area contributed by atoms with Crippen molar-refractivity contribution in [3.05, 3.63) is 53.8 Å². The lowest BCUT2D eigenvalue weighted by Crippen LogP contribution is -2.50. The van der Waals surface area contributed by atoms with Crippen molar-refractivity contribution in [1.29, 1.82) is 0 Å². The normalized spacial score (nSPS) is 21.4. The summed E-state index contributed by atoms with van der Waals surface area (Å²) >= 11 is 0. The van der Waals surface area contributed by atoms with Crippen molar-refractivity contribution in [2.45, 2.75) is 44.1 Å². The number of rotatable bonds is 8. The fourth-order valence-corrected chi connectivity index (χ4v) is 4.81. The minimum absolute atomic E-state index is 0.0112. The maximum absolute atomic E-state index is 13.8. The molecule has 2 aliphatic heterocycles. The Labute approximate surface area is 189 Å². The van der Waals surface area contributed by atoms with Crippen LogP contribution in [0.3, 0.4) is 0 Å². The SMILES string of the molecule is COc1ccc(F)cc1-c1ccc(C[C@]2(C(=O)NCCN3CCCCC3)CCCO2)cc1. The third kappa shape index (κ3) is 5.30. The Morgan fingerprint density at radius 2 is 1.91 bits per heavy atom. The summed E-state index contributed by atoms with van der Waals surface area (Å²) in [7, 11) is 1.58. The van der Waals surface area contributed by atoms with Crippen LogP contribution in [0.1, 0.15) is 37.7 Å². The Hall–Kier alpha value is -2.44. The molecule has 4 rings (SSSR count). The fourth-order valence-electron chi connectivity index (χ4n) is 4.81. The molecule has 2 heterocycles. The number of hydrogen-bond acceptors (Lipinski definition) is 4. The first kappa shape index (κ1) is 22.7. The molecule has 1 atom stereocenters. The van der Waals surface area contributed by atoms with Gasteiger partial charge in [0.15, 0.2) is 5.60 Å². The second-order valence-electron chi connectivity index (χ2n) is 8.82. The number of piperidine rings is 1. The van der Waals surface area contributed by atoms with Gasteiger partial charge in [0, 0.05) is 31.7 Å². The van der Waals surface area contributed by atoms with E-state index in [1.807, 2.05) is 24.3 Å². The minimum Gasteiger partial charge on any atom is -0.496 e. The molecule has 0 unspecified atom stereocenters. The summed E-state index contributed by atoms with van der Waals surface area (Å²) in [6.07, 6.45) is 5.95. The van der Waals surface area contributed by atoms with E-state index in [2.05, 4.69) is 10.2 Å². The number of methoxy groups -OCH3 is 1. The zero-order chi connectivity index (χ0) is 22.4. The lowest BCUT2D eigenvalue weighted by Gasteiger charge is -2.29. The van der Waals surface area contributed by atoms with Crippen LogP contribution in [0.2, 0.25) is 0 Å². The first-order valence-corrected chi connectivity index (χ1v) is 11.7. The van der Waals surface area contributed by atoms with Gasteiger partial charge in [-0.05, 0) is 68.1 Å². The Kier molecular flexibility index (Phi) is 7.43. The molecule has 0 spiro atoms. The van der Waals surface area contributed by atoms with Crippen LogP contribution in [0.25, 0.3) is 11.1 Å². The van der Waals surface area contributed by atoms with Gasteiger partial charge in [0.25, 0.3) is 5.91 Å². The summed E-state index contributed by atoms with van der Waals surface area (Å²) in [6.45, 7) is 4.41. The molecule has 32 heavy (non-hydrogen) atoms. The third-order valence-corrected chi connectivity index (χ3v) is 6.60. The van der Waals surface area contributed by atoms with Crippen LogP contribution in [0.4, 0.5) is 4.39 Å². The van der Waals surface area contributed by atoms with E-state index < -0.39 is 5.60 Å². The van der Waals surface area contributed by atoms with E-state index in [0.717, 1.165) is 43.6 Å². The van der Waals surface area contributed by atoms with Gasteiger partial charge in [-0.1, -0.05) is 30.7 Å². The Morgan fingerprint density at radius 1 is 1.12 bits per heavy atom. The molecule has 2 saturated heterocycles. The van der Waals surface area contributed by atoms with Crippen LogP contribution in [0, 0.1) is 5.82 Å². The van der Waals surface area contributed by atoms with Gasteiger partial charge in [0.05, 0.1) is 7.11 Å². The zero-order valence-electron chi connectivity index (χ0n) is 18.9. The van der Waals surface area contributed by atoms with Gasteiger partial charge in [0.2, 0.25) is 0 Å². The Balaban J connectivity index is 1.41. The first-order valence-electron chi connectivity index (χ1n) is 11.7. The first-order chi connectivity index (χ1) is 15.6. The van der Waals surface area contributed by atoms with Crippen molar-refractivity contribution >= 4 is 5.91 Å². The predicted octanol–water partition coefficient (Wildman–Crippen LogP) is 4.20. The largest absolute Gasteiger partial charge is 0.496 e. The molecule has 0 aliphatic carbocycles. The second-order valence-corrected chi connectivity index (χ2v) is 8.82. The quantitative estimate of drug-likeness (QED) is 0.669. The predicted molar refractivity (Wildman–Crippen MR) is 123 cm³/mol. The maximum Gasteiger partial charge on any atom is 0.252 e. The van der Waals surface area contributed by atoms with E-state index in [4.69, 9.17) is 9.47 Å². The summed E-state index contributed by atoms with van der Waals surface area (Å²) in [4.78, 5) is 15.5. The highest BCUT2D eigenvalue weighted by Gasteiger charge is 2.42. The number of likely N-dealkylation sites (tertiary alicyclic amines) is 1. The average Bonchev–Trinajstić information content (AvgIpc) is 3.30. The average molecular weight is 441 g/mol. The summed E-state index contributed by atoms with van der Waals surface area (Å²) in [5.41, 5.74) is 1.80. The lowest BCUT2D eigenvalue weighted by atomic mass is 9.89. The van der Waals surface area contributed by atoms with Crippen molar-refractivity contribution in [2.24, 2.45) is 0 Å². The Bertz CT molecular complexity index is 904. The molecule has 2 fully saturated rings. The maximum atomic E-state index is 13.8. The molecular weight excluding hydrogens is 407 g/mol. The number of nitrogens with zero attached hydrogens (tertiary/aromatic N) is 1. The summed E-state index contributed by atoms with van der Waals surface area (Å²) < 4.78 is 25.2. The van der Waals surface area contributed by atoms with Gasteiger partial charge < -0.3 is 19.7 Å². The van der Waals surface area contributed by atoms with Crippen molar-refractivity contribution in [3.63, 3.8) is 0 Å². The van der Waals surface area contributed by atoms with Gasteiger partial charge in [-0.25, -0.2) is 4.39 Å². The number of hydrogen-bond donors (Lipinski definition) is 1. The molecule has 2 aliphatic rings. The van der Waals surface area contributed by atoms with Crippen molar-refractivity contribution in [1.82, 2.24) is 10.2 Å². The summed E-state index contributed by atoms with van der Waals surface area (Å²) in [5, 5.41) is 3.13. The van der Waals surface area contributed by atoms with E-state index in [0.29, 0.717) is 30.9 Å². The summed E-state index contributed by atoms with van der Waals surface area (Å²) in [6, 6.07) is 12.4. The van der Waals surface area contributed by atoms with Crippen LogP contribution in [0.15, 0.2) is 42.5 Å². The highest BCUT2D eigenvalue weighted by Crippen LogP contribution is 2.33. The standard InChI is InChI=1S/C26H33FN2O3/c1-31-24-11-10-22(27)18-23(24)21-8-6-20(7-9-21)19-26(12-5-17-32-26)25(30)28-13-16-29-14-3-2-4-15-29/h6-11,18H,2-5,12-17,19H2,1H3,(H,28,30)/t26-/m0/s1. The van der Waals surface area contributed by atoms with Gasteiger partial charge in [-0.15, -0.1) is 0 Å². The number of halogens is 1.